The van der Waals surface area contributed by atoms with E-state index in [-0.39, 0.29) is 11.9 Å². The maximum atomic E-state index is 13.0. The van der Waals surface area contributed by atoms with Crippen LogP contribution in [0.1, 0.15) is 34.2 Å². The number of amides is 1. The Labute approximate surface area is 165 Å². The molecule has 5 heteroatoms. The summed E-state index contributed by atoms with van der Waals surface area (Å²) in [6.45, 7) is 4.61. The molecule has 3 aromatic rings. The molecule has 0 radical (unpaired) electrons. The molecule has 1 unspecified atom stereocenters. The molecule has 0 bridgehead atoms. The molecule has 2 heterocycles. The highest BCUT2D eigenvalue weighted by atomic mass is 16.2. The van der Waals surface area contributed by atoms with Crippen molar-refractivity contribution < 1.29 is 4.79 Å². The van der Waals surface area contributed by atoms with Gasteiger partial charge in [-0.15, -0.1) is 0 Å². The lowest BCUT2D eigenvalue weighted by molar-refractivity contribution is 0.0779. The molecule has 1 atom stereocenters. The van der Waals surface area contributed by atoms with Crippen LogP contribution in [0.4, 0.5) is 11.6 Å². The van der Waals surface area contributed by atoms with Crippen molar-refractivity contribution >= 4 is 17.5 Å². The van der Waals surface area contributed by atoms with Crippen LogP contribution in [0.3, 0.4) is 0 Å². The maximum absolute atomic E-state index is 13.0. The van der Waals surface area contributed by atoms with Gasteiger partial charge in [0.25, 0.3) is 5.91 Å². The summed E-state index contributed by atoms with van der Waals surface area (Å²) in [7, 11) is 1.81. The topological polar surface area (TPSA) is 49.3 Å². The van der Waals surface area contributed by atoms with Crippen LogP contribution in [0.15, 0.2) is 60.7 Å². The predicted octanol–water partition coefficient (Wildman–Crippen LogP) is 4.14. The van der Waals surface area contributed by atoms with Gasteiger partial charge in [0.1, 0.15) is 5.69 Å². The van der Waals surface area contributed by atoms with Gasteiger partial charge in [0.15, 0.2) is 0 Å². The average Bonchev–Trinajstić information content (AvgIpc) is 3.03. The smallest absolute Gasteiger partial charge is 0.272 e. The van der Waals surface area contributed by atoms with Gasteiger partial charge in [-0.3, -0.25) is 4.79 Å². The van der Waals surface area contributed by atoms with Crippen molar-refractivity contribution in [1.82, 2.24) is 14.9 Å². The summed E-state index contributed by atoms with van der Waals surface area (Å²) in [5.41, 5.74) is 4.72. The van der Waals surface area contributed by atoms with Gasteiger partial charge in [0.2, 0.25) is 5.95 Å². The molecule has 1 amide bonds. The average molecular weight is 372 g/mol. The zero-order chi connectivity index (χ0) is 19.7. The van der Waals surface area contributed by atoms with Crippen LogP contribution < -0.4 is 4.90 Å². The zero-order valence-electron chi connectivity index (χ0n) is 16.5. The maximum Gasteiger partial charge on any atom is 0.272 e. The Bertz CT molecular complexity index is 1000. The highest BCUT2D eigenvalue weighted by molar-refractivity contribution is 5.92. The quantitative estimate of drug-likeness (QED) is 0.691. The van der Waals surface area contributed by atoms with Gasteiger partial charge in [-0.2, -0.15) is 0 Å². The second kappa shape index (κ2) is 7.43. The van der Waals surface area contributed by atoms with Crippen LogP contribution in [-0.4, -0.2) is 33.9 Å². The van der Waals surface area contributed by atoms with Crippen LogP contribution in [0.5, 0.6) is 0 Å². The fraction of sp³-hybridized carbons (Fsp3) is 0.261. The number of nitrogens with zero attached hydrogens (tertiary/aromatic N) is 4. The van der Waals surface area contributed by atoms with Gasteiger partial charge < -0.3 is 9.80 Å². The van der Waals surface area contributed by atoms with Gasteiger partial charge in [-0.25, -0.2) is 9.97 Å². The van der Waals surface area contributed by atoms with Crippen molar-refractivity contribution in [2.24, 2.45) is 0 Å². The highest BCUT2D eigenvalue weighted by Gasteiger charge is 2.29. The van der Waals surface area contributed by atoms with Gasteiger partial charge in [-0.1, -0.05) is 48.5 Å². The molecular weight excluding hydrogens is 348 g/mol. The van der Waals surface area contributed by atoms with Crippen molar-refractivity contribution in [3.05, 3.63) is 83.2 Å². The number of para-hydroxylation sites is 1. The first-order valence-corrected chi connectivity index (χ1v) is 9.55. The standard InChI is InChI=1S/C23H24N4O/c1-16-13-20(22(28)26(3)15-18-9-5-4-6-10-18)25-23(24-16)27-17(2)14-19-11-7-8-12-21(19)27/h4-13,17H,14-15H2,1-3H3. The third-order valence-corrected chi connectivity index (χ3v) is 5.09. The van der Waals surface area contributed by atoms with E-state index in [1.807, 2.05) is 43.3 Å². The summed E-state index contributed by atoms with van der Waals surface area (Å²) in [4.78, 5) is 26.1. The van der Waals surface area contributed by atoms with Crippen LogP contribution in [-0.2, 0) is 13.0 Å². The van der Waals surface area contributed by atoms with E-state index in [0.29, 0.717) is 18.2 Å². The van der Waals surface area contributed by atoms with Crippen LogP contribution >= 0.6 is 0 Å². The van der Waals surface area contributed by atoms with E-state index >= 15 is 0 Å². The largest absolute Gasteiger partial charge is 0.336 e. The monoisotopic (exact) mass is 372 g/mol. The third-order valence-electron chi connectivity index (χ3n) is 5.09. The number of carbonyl (C=O) groups is 1. The van der Waals surface area contributed by atoms with E-state index < -0.39 is 0 Å². The molecule has 0 aliphatic carbocycles. The number of carbonyl (C=O) groups excluding carboxylic acids is 1. The third kappa shape index (κ3) is 3.48. The van der Waals surface area contributed by atoms with Gasteiger partial charge in [0.05, 0.1) is 0 Å². The summed E-state index contributed by atoms with van der Waals surface area (Å²) in [6, 6.07) is 20.3. The molecule has 0 fully saturated rings. The Hall–Kier alpha value is -3.21. The first-order chi connectivity index (χ1) is 13.5. The van der Waals surface area contributed by atoms with E-state index in [0.717, 1.165) is 23.4 Å². The molecular formula is C23H24N4O. The highest BCUT2D eigenvalue weighted by Crippen LogP contribution is 2.36. The van der Waals surface area contributed by atoms with Crippen LogP contribution in [0.25, 0.3) is 0 Å². The lowest BCUT2D eigenvalue weighted by atomic mass is 10.1. The van der Waals surface area contributed by atoms with Crippen molar-refractivity contribution in [3.8, 4) is 0 Å². The van der Waals surface area contributed by atoms with Crippen molar-refractivity contribution in [3.63, 3.8) is 0 Å². The Balaban J connectivity index is 1.63. The summed E-state index contributed by atoms with van der Waals surface area (Å²) < 4.78 is 0. The normalized spacial score (nSPS) is 15.4. The molecule has 4 rings (SSSR count). The van der Waals surface area contributed by atoms with Crippen molar-refractivity contribution in [2.45, 2.75) is 32.9 Å². The minimum absolute atomic E-state index is 0.101. The summed E-state index contributed by atoms with van der Waals surface area (Å²) in [6.07, 6.45) is 0.949. The molecule has 2 aromatic carbocycles. The number of aryl methyl sites for hydroxylation is 1. The Morgan fingerprint density at radius 1 is 1.11 bits per heavy atom. The molecule has 142 valence electrons. The van der Waals surface area contributed by atoms with Crippen molar-refractivity contribution in [2.75, 3.05) is 11.9 Å². The fourth-order valence-corrected chi connectivity index (χ4v) is 3.77. The van der Waals surface area contributed by atoms with Crippen LogP contribution in [0, 0.1) is 6.92 Å². The van der Waals surface area contributed by atoms with Crippen molar-refractivity contribution in [1.29, 1.82) is 0 Å². The van der Waals surface area contributed by atoms with E-state index in [9.17, 15) is 4.79 Å². The zero-order valence-corrected chi connectivity index (χ0v) is 16.5. The molecule has 28 heavy (non-hydrogen) atoms. The van der Waals surface area contributed by atoms with E-state index in [4.69, 9.17) is 0 Å². The lowest BCUT2D eigenvalue weighted by Gasteiger charge is -2.24. The minimum atomic E-state index is -0.101. The van der Waals surface area contributed by atoms with Gasteiger partial charge >= 0.3 is 0 Å². The number of hydrogen-bond donors (Lipinski definition) is 0. The molecule has 1 aliphatic heterocycles. The number of anilines is 2. The number of aromatic nitrogens is 2. The molecule has 0 N–H and O–H groups in total. The summed E-state index contributed by atoms with van der Waals surface area (Å²) in [5, 5.41) is 0. The summed E-state index contributed by atoms with van der Waals surface area (Å²) >= 11 is 0. The Morgan fingerprint density at radius 3 is 2.61 bits per heavy atom. The minimum Gasteiger partial charge on any atom is -0.336 e. The molecule has 0 spiro atoms. The number of rotatable bonds is 4. The van der Waals surface area contributed by atoms with Gasteiger partial charge in [0, 0.05) is 31.0 Å². The predicted molar refractivity (Wildman–Crippen MR) is 111 cm³/mol. The Morgan fingerprint density at radius 2 is 1.82 bits per heavy atom. The SMILES string of the molecule is Cc1cc(C(=O)N(C)Cc2ccccc2)nc(N2c3ccccc3CC2C)n1. The molecule has 0 saturated carbocycles. The first kappa shape index (κ1) is 18.2. The summed E-state index contributed by atoms with van der Waals surface area (Å²) in [5.74, 6) is 0.490. The second-order valence-corrected chi connectivity index (χ2v) is 7.39. The molecule has 1 aliphatic rings. The lowest BCUT2D eigenvalue weighted by Crippen LogP contribution is -2.30. The van der Waals surface area contributed by atoms with E-state index in [1.165, 1.54) is 5.56 Å². The number of hydrogen-bond acceptors (Lipinski definition) is 4. The van der Waals surface area contributed by atoms with Crippen LogP contribution in [0.2, 0.25) is 0 Å². The molecule has 0 saturated heterocycles. The fourth-order valence-electron chi connectivity index (χ4n) is 3.77. The first-order valence-electron chi connectivity index (χ1n) is 9.55. The van der Waals surface area contributed by atoms with E-state index in [2.05, 4.69) is 40.0 Å². The Kier molecular flexibility index (Phi) is 4.82. The second-order valence-electron chi connectivity index (χ2n) is 7.39. The van der Waals surface area contributed by atoms with Gasteiger partial charge in [-0.05, 0) is 43.5 Å². The number of benzene rings is 2. The number of fused-ring (bicyclic) bond motifs is 1. The molecule has 5 nitrogen and oxygen atoms in total. The molecule has 1 aromatic heterocycles. The van der Waals surface area contributed by atoms with E-state index in [1.54, 1.807) is 18.0 Å².